The molecule has 142 valence electrons. The van der Waals surface area contributed by atoms with Crippen LogP contribution in [0.15, 0.2) is 48.5 Å². The first-order valence-corrected chi connectivity index (χ1v) is 9.60. The molecular formula is C23H33NO2. The lowest BCUT2D eigenvalue weighted by Crippen LogP contribution is -2.19. The first-order valence-electron chi connectivity index (χ1n) is 9.60. The average Bonchev–Trinajstić information content (AvgIpc) is 2.62. The van der Waals surface area contributed by atoms with Gasteiger partial charge in [0.05, 0.1) is 13.2 Å². The minimum Gasteiger partial charge on any atom is -0.497 e. The van der Waals surface area contributed by atoms with Crippen LogP contribution in [-0.4, -0.2) is 19.8 Å². The summed E-state index contributed by atoms with van der Waals surface area (Å²) in [5.74, 6) is 3.00. The quantitative estimate of drug-likeness (QED) is 0.579. The maximum Gasteiger partial charge on any atom is 0.119 e. The Labute approximate surface area is 158 Å². The fraction of sp³-hybridized carbons (Fsp3) is 0.478. The van der Waals surface area contributed by atoms with Gasteiger partial charge in [-0.15, -0.1) is 0 Å². The zero-order valence-electron chi connectivity index (χ0n) is 16.8. The number of benzene rings is 2. The number of hydrogen-bond donors (Lipinski definition) is 1. The maximum atomic E-state index is 5.75. The standard InChI is InChI=1S/C23H33NO2/c1-17(2)23(20-8-12-22(13-9-20)26-18(3)4)14-15-24-16-19-6-10-21(25-5)11-7-19/h6-13,17-18,23-24H,14-16H2,1-5H3/t23-/m1/s1. The number of nitrogens with one attached hydrogen (secondary N) is 1. The van der Waals surface area contributed by atoms with Crippen LogP contribution in [0, 0.1) is 5.92 Å². The molecule has 0 aliphatic heterocycles. The predicted molar refractivity (Wildman–Crippen MR) is 109 cm³/mol. The molecular weight excluding hydrogens is 322 g/mol. The summed E-state index contributed by atoms with van der Waals surface area (Å²) in [7, 11) is 1.70. The van der Waals surface area contributed by atoms with Gasteiger partial charge < -0.3 is 14.8 Å². The number of rotatable bonds is 10. The smallest absolute Gasteiger partial charge is 0.119 e. The van der Waals surface area contributed by atoms with Gasteiger partial charge in [0, 0.05) is 6.54 Å². The predicted octanol–water partition coefficient (Wildman–Crippen LogP) is 5.40. The van der Waals surface area contributed by atoms with Gasteiger partial charge in [-0.1, -0.05) is 38.1 Å². The third-order valence-electron chi connectivity index (χ3n) is 4.61. The molecule has 0 aliphatic rings. The van der Waals surface area contributed by atoms with Gasteiger partial charge in [-0.3, -0.25) is 0 Å². The molecule has 3 heteroatoms. The summed E-state index contributed by atoms with van der Waals surface area (Å²) in [5.41, 5.74) is 2.67. The summed E-state index contributed by atoms with van der Waals surface area (Å²) >= 11 is 0. The van der Waals surface area contributed by atoms with Crippen LogP contribution >= 0.6 is 0 Å². The van der Waals surface area contributed by atoms with Crippen LogP contribution in [0.5, 0.6) is 11.5 Å². The van der Waals surface area contributed by atoms with Crippen LogP contribution in [0.3, 0.4) is 0 Å². The van der Waals surface area contributed by atoms with E-state index in [0.29, 0.717) is 11.8 Å². The van der Waals surface area contributed by atoms with Gasteiger partial charge >= 0.3 is 0 Å². The van der Waals surface area contributed by atoms with Gasteiger partial charge in [0.25, 0.3) is 0 Å². The summed E-state index contributed by atoms with van der Waals surface area (Å²) in [6.45, 7) is 10.6. The van der Waals surface area contributed by atoms with Crippen LogP contribution in [0.4, 0.5) is 0 Å². The van der Waals surface area contributed by atoms with E-state index in [2.05, 4.69) is 69.4 Å². The van der Waals surface area contributed by atoms with E-state index in [1.54, 1.807) is 7.11 Å². The van der Waals surface area contributed by atoms with E-state index in [4.69, 9.17) is 9.47 Å². The molecule has 2 aromatic rings. The second-order valence-corrected chi connectivity index (χ2v) is 7.40. The molecule has 0 fully saturated rings. The summed E-state index contributed by atoms with van der Waals surface area (Å²) in [4.78, 5) is 0. The highest BCUT2D eigenvalue weighted by Crippen LogP contribution is 2.29. The van der Waals surface area contributed by atoms with Crippen LogP contribution in [0.2, 0.25) is 0 Å². The van der Waals surface area contributed by atoms with Crippen molar-refractivity contribution in [1.29, 1.82) is 0 Å². The molecule has 0 bridgehead atoms. The normalized spacial score (nSPS) is 12.4. The van der Waals surface area contributed by atoms with Crippen LogP contribution in [0.1, 0.15) is 51.2 Å². The van der Waals surface area contributed by atoms with Crippen LogP contribution in [0.25, 0.3) is 0 Å². The van der Waals surface area contributed by atoms with E-state index >= 15 is 0 Å². The Morgan fingerprint density at radius 1 is 0.846 bits per heavy atom. The topological polar surface area (TPSA) is 30.5 Å². The largest absolute Gasteiger partial charge is 0.497 e. The summed E-state index contributed by atoms with van der Waals surface area (Å²) in [5, 5.41) is 3.57. The Kier molecular flexibility index (Phi) is 7.99. The van der Waals surface area contributed by atoms with Gasteiger partial charge in [-0.25, -0.2) is 0 Å². The first-order chi connectivity index (χ1) is 12.5. The molecule has 26 heavy (non-hydrogen) atoms. The van der Waals surface area contributed by atoms with Crippen molar-refractivity contribution in [2.24, 2.45) is 5.92 Å². The highest BCUT2D eigenvalue weighted by molar-refractivity contribution is 5.30. The second kappa shape index (κ2) is 10.2. The van der Waals surface area contributed by atoms with E-state index in [-0.39, 0.29) is 6.10 Å². The van der Waals surface area contributed by atoms with E-state index in [0.717, 1.165) is 31.0 Å². The van der Waals surface area contributed by atoms with Crippen molar-refractivity contribution in [1.82, 2.24) is 5.32 Å². The maximum absolute atomic E-state index is 5.75. The van der Waals surface area contributed by atoms with Gasteiger partial charge in [0.2, 0.25) is 0 Å². The fourth-order valence-corrected chi connectivity index (χ4v) is 3.18. The van der Waals surface area contributed by atoms with Gasteiger partial charge in [0.15, 0.2) is 0 Å². The van der Waals surface area contributed by atoms with E-state index in [9.17, 15) is 0 Å². The average molecular weight is 356 g/mol. The molecule has 0 aliphatic carbocycles. The fourth-order valence-electron chi connectivity index (χ4n) is 3.18. The molecule has 0 heterocycles. The minimum atomic E-state index is 0.212. The van der Waals surface area contributed by atoms with Crippen molar-refractivity contribution in [3.8, 4) is 11.5 Å². The lowest BCUT2D eigenvalue weighted by Gasteiger charge is -2.22. The van der Waals surface area contributed by atoms with Crippen molar-refractivity contribution in [2.75, 3.05) is 13.7 Å². The number of methoxy groups -OCH3 is 1. The van der Waals surface area contributed by atoms with E-state index < -0.39 is 0 Å². The SMILES string of the molecule is COc1ccc(CNCC[C@@H](c2ccc(OC(C)C)cc2)C(C)C)cc1. The van der Waals surface area contributed by atoms with Gasteiger partial charge in [-0.2, -0.15) is 0 Å². The van der Waals surface area contributed by atoms with Crippen LogP contribution < -0.4 is 14.8 Å². The molecule has 1 N–H and O–H groups in total. The minimum absolute atomic E-state index is 0.212. The lowest BCUT2D eigenvalue weighted by molar-refractivity contribution is 0.242. The highest BCUT2D eigenvalue weighted by Gasteiger charge is 2.15. The Balaban J connectivity index is 1.85. The third-order valence-corrected chi connectivity index (χ3v) is 4.61. The second-order valence-electron chi connectivity index (χ2n) is 7.40. The van der Waals surface area contributed by atoms with Crippen molar-refractivity contribution in [3.05, 3.63) is 59.7 Å². The summed E-state index contributed by atoms with van der Waals surface area (Å²) in [6.07, 6.45) is 1.34. The van der Waals surface area contributed by atoms with Gasteiger partial charge in [-0.05, 0) is 74.0 Å². The first kappa shape index (κ1) is 20.3. The molecule has 0 radical (unpaired) electrons. The third kappa shape index (κ3) is 6.38. The summed E-state index contributed by atoms with van der Waals surface area (Å²) < 4.78 is 11.0. The van der Waals surface area contributed by atoms with E-state index in [1.807, 2.05) is 12.1 Å². The molecule has 0 unspecified atom stereocenters. The highest BCUT2D eigenvalue weighted by atomic mass is 16.5. The van der Waals surface area contributed by atoms with Crippen molar-refractivity contribution in [3.63, 3.8) is 0 Å². The molecule has 0 amide bonds. The van der Waals surface area contributed by atoms with Crippen molar-refractivity contribution >= 4 is 0 Å². The number of ether oxygens (including phenoxy) is 2. The molecule has 2 aromatic carbocycles. The van der Waals surface area contributed by atoms with Crippen molar-refractivity contribution < 1.29 is 9.47 Å². The van der Waals surface area contributed by atoms with Crippen LogP contribution in [-0.2, 0) is 6.54 Å². The molecule has 0 aromatic heterocycles. The lowest BCUT2D eigenvalue weighted by atomic mass is 9.86. The Bertz CT molecular complexity index is 632. The molecule has 0 saturated carbocycles. The molecule has 1 atom stereocenters. The van der Waals surface area contributed by atoms with Gasteiger partial charge in [0.1, 0.15) is 11.5 Å². The Morgan fingerprint density at radius 3 is 2.00 bits per heavy atom. The van der Waals surface area contributed by atoms with Crippen molar-refractivity contribution in [2.45, 2.75) is 52.7 Å². The zero-order chi connectivity index (χ0) is 18.9. The van der Waals surface area contributed by atoms with E-state index in [1.165, 1.54) is 11.1 Å². The Hall–Kier alpha value is -2.00. The molecule has 3 nitrogen and oxygen atoms in total. The monoisotopic (exact) mass is 355 g/mol. The number of hydrogen-bond acceptors (Lipinski definition) is 3. The Morgan fingerprint density at radius 2 is 1.46 bits per heavy atom. The molecule has 0 spiro atoms. The molecule has 0 saturated heterocycles. The molecule has 2 rings (SSSR count). The summed E-state index contributed by atoms with van der Waals surface area (Å²) in [6, 6.07) is 16.9. The zero-order valence-corrected chi connectivity index (χ0v) is 16.8.